The highest BCUT2D eigenvalue weighted by atomic mass is 35.5. The minimum absolute atomic E-state index is 0.00299. The number of halogens is 3. The molecule has 1 atom stereocenters. The molecular weight excluding hydrogens is 549 g/mol. The standard InChI is InChI=1S/C24H30Cl3N3O5S/c1-15(2)12-28-24(32)16(3)29(13-17-6-8-18(35-4)9-7-17)23(31)14-30(36(5,33)34)22-11-20(26)19(25)10-21(22)27/h6-11,15-16H,12-14H2,1-5H3,(H,28,32)/t16-/m0/s1. The lowest BCUT2D eigenvalue weighted by Gasteiger charge is -2.32. The summed E-state index contributed by atoms with van der Waals surface area (Å²) in [6.07, 6.45) is 0.950. The monoisotopic (exact) mass is 577 g/mol. The summed E-state index contributed by atoms with van der Waals surface area (Å²) >= 11 is 18.3. The van der Waals surface area contributed by atoms with Gasteiger partial charge in [-0.3, -0.25) is 13.9 Å². The lowest BCUT2D eigenvalue weighted by molar-refractivity contribution is -0.139. The van der Waals surface area contributed by atoms with Crippen molar-refractivity contribution >= 4 is 62.3 Å². The lowest BCUT2D eigenvalue weighted by Crippen LogP contribution is -2.51. The number of carbonyl (C=O) groups excluding carboxylic acids is 2. The van der Waals surface area contributed by atoms with Crippen LogP contribution in [0.1, 0.15) is 26.3 Å². The fraction of sp³-hybridized carbons (Fsp3) is 0.417. The maximum atomic E-state index is 13.6. The third kappa shape index (κ3) is 8.16. The zero-order chi connectivity index (χ0) is 27.2. The molecule has 0 aliphatic rings. The minimum Gasteiger partial charge on any atom is -0.497 e. The van der Waals surface area contributed by atoms with Crippen LogP contribution in [0, 0.1) is 5.92 Å². The first kappa shape index (κ1) is 30.0. The molecule has 0 saturated carbocycles. The van der Waals surface area contributed by atoms with Crippen LogP contribution in [-0.2, 0) is 26.2 Å². The molecule has 8 nitrogen and oxygen atoms in total. The summed E-state index contributed by atoms with van der Waals surface area (Å²) < 4.78 is 31.4. The van der Waals surface area contributed by atoms with E-state index in [9.17, 15) is 18.0 Å². The first-order chi connectivity index (χ1) is 16.7. The predicted octanol–water partition coefficient (Wildman–Crippen LogP) is 4.61. The van der Waals surface area contributed by atoms with E-state index in [0.29, 0.717) is 12.3 Å². The number of benzene rings is 2. The Morgan fingerprint density at radius 3 is 2.11 bits per heavy atom. The Morgan fingerprint density at radius 2 is 1.58 bits per heavy atom. The third-order valence-electron chi connectivity index (χ3n) is 5.30. The molecule has 0 radical (unpaired) electrons. The highest BCUT2D eigenvalue weighted by Gasteiger charge is 2.31. The smallest absolute Gasteiger partial charge is 0.244 e. The summed E-state index contributed by atoms with van der Waals surface area (Å²) in [5, 5.41) is 3.05. The lowest BCUT2D eigenvalue weighted by atomic mass is 10.1. The molecule has 2 aromatic carbocycles. The van der Waals surface area contributed by atoms with E-state index in [1.165, 1.54) is 17.0 Å². The average Bonchev–Trinajstić information content (AvgIpc) is 2.81. The Bertz CT molecular complexity index is 1190. The Labute approximate surface area is 227 Å². The van der Waals surface area contributed by atoms with Crippen molar-refractivity contribution in [2.24, 2.45) is 5.92 Å². The number of hydrogen-bond acceptors (Lipinski definition) is 5. The number of rotatable bonds is 11. The van der Waals surface area contributed by atoms with Crippen LogP contribution < -0.4 is 14.4 Å². The van der Waals surface area contributed by atoms with Crippen molar-refractivity contribution in [3.8, 4) is 5.75 Å². The molecule has 0 fully saturated rings. The minimum atomic E-state index is -3.97. The Morgan fingerprint density at radius 1 is 1.00 bits per heavy atom. The fourth-order valence-electron chi connectivity index (χ4n) is 3.26. The van der Waals surface area contributed by atoms with Gasteiger partial charge in [0, 0.05) is 13.1 Å². The summed E-state index contributed by atoms with van der Waals surface area (Å²) in [4.78, 5) is 27.7. The third-order valence-corrected chi connectivity index (χ3v) is 7.45. The number of anilines is 1. The number of ether oxygens (including phenoxy) is 1. The topological polar surface area (TPSA) is 96.0 Å². The molecule has 2 rings (SSSR count). The van der Waals surface area contributed by atoms with E-state index in [4.69, 9.17) is 39.5 Å². The van der Waals surface area contributed by atoms with Crippen molar-refractivity contribution < 1.29 is 22.7 Å². The maximum absolute atomic E-state index is 13.6. The van der Waals surface area contributed by atoms with Crippen molar-refractivity contribution in [1.82, 2.24) is 10.2 Å². The van der Waals surface area contributed by atoms with Gasteiger partial charge in [-0.05, 0) is 42.7 Å². The van der Waals surface area contributed by atoms with Gasteiger partial charge >= 0.3 is 0 Å². The number of nitrogens with zero attached hydrogens (tertiary/aromatic N) is 2. The van der Waals surface area contributed by atoms with E-state index in [1.807, 2.05) is 13.8 Å². The molecular formula is C24H30Cl3N3O5S. The van der Waals surface area contributed by atoms with Crippen LogP contribution in [0.3, 0.4) is 0 Å². The number of methoxy groups -OCH3 is 1. The molecule has 2 amide bonds. The molecule has 0 spiro atoms. The second-order valence-corrected chi connectivity index (χ2v) is 11.8. The van der Waals surface area contributed by atoms with Crippen molar-refractivity contribution in [2.45, 2.75) is 33.4 Å². The van der Waals surface area contributed by atoms with Crippen molar-refractivity contribution in [1.29, 1.82) is 0 Å². The van der Waals surface area contributed by atoms with Gasteiger partial charge in [-0.25, -0.2) is 8.42 Å². The largest absolute Gasteiger partial charge is 0.497 e. The zero-order valence-electron chi connectivity index (χ0n) is 20.7. The second-order valence-electron chi connectivity index (χ2n) is 8.67. The van der Waals surface area contributed by atoms with Crippen molar-refractivity contribution in [2.75, 3.05) is 30.8 Å². The first-order valence-corrected chi connectivity index (χ1v) is 14.0. The van der Waals surface area contributed by atoms with E-state index >= 15 is 0 Å². The van der Waals surface area contributed by atoms with E-state index in [2.05, 4.69) is 5.32 Å². The van der Waals surface area contributed by atoms with E-state index in [1.54, 1.807) is 38.3 Å². The number of carbonyl (C=O) groups is 2. The van der Waals surface area contributed by atoms with Gasteiger partial charge < -0.3 is 15.0 Å². The average molecular weight is 579 g/mol. The highest BCUT2D eigenvalue weighted by Crippen LogP contribution is 2.35. The summed E-state index contributed by atoms with van der Waals surface area (Å²) in [5.74, 6) is -0.115. The molecule has 198 valence electrons. The maximum Gasteiger partial charge on any atom is 0.244 e. The molecule has 0 aliphatic carbocycles. The van der Waals surface area contributed by atoms with E-state index in [0.717, 1.165) is 16.1 Å². The quantitative estimate of drug-likeness (QED) is 0.393. The predicted molar refractivity (Wildman–Crippen MR) is 145 cm³/mol. The van der Waals surface area contributed by atoms with Gasteiger partial charge in [-0.15, -0.1) is 0 Å². The molecule has 0 unspecified atom stereocenters. The van der Waals surface area contributed by atoms with Crippen molar-refractivity contribution in [3.63, 3.8) is 0 Å². The van der Waals surface area contributed by atoms with Gasteiger partial charge in [0.15, 0.2) is 0 Å². The molecule has 36 heavy (non-hydrogen) atoms. The van der Waals surface area contributed by atoms with Crippen LogP contribution in [0.25, 0.3) is 0 Å². The summed E-state index contributed by atoms with van der Waals surface area (Å²) in [6, 6.07) is 8.71. The normalized spacial score (nSPS) is 12.2. The number of nitrogens with one attached hydrogen (secondary N) is 1. The van der Waals surface area contributed by atoms with Crippen LogP contribution in [-0.4, -0.2) is 57.6 Å². The van der Waals surface area contributed by atoms with Gasteiger partial charge in [0.1, 0.15) is 18.3 Å². The molecule has 12 heteroatoms. The Balaban J connectivity index is 2.43. The molecule has 2 aromatic rings. The Kier molecular flexibility index (Phi) is 10.7. The molecule has 0 heterocycles. The first-order valence-electron chi connectivity index (χ1n) is 11.1. The molecule has 0 aromatic heterocycles. The van der Waals surface area contributed by atoms with Crippen LogP contribution in [0.5, 0.6) is 5.75 Å². The van der Waals surface area contributed by atoms with Gasteiger partial charge in [-0.2, -0.15) is 0 Å². The second kappa shape index (κ2) is 12.9. The van der Waals surface area contributed by atoms with Crippen LogP contribution in [0.2, 0.25) is 15.1 Å². The zero-order valence-corrected chi connectivity index (χ0v) is 23.8. The molecule has 0 bridgehead atoms. The van der Waals surface area contributed by atoms with Crippen LogP contribution in [0.4, 0.5) is 5.69 Å². The fourth-order valence-corrected chi connectivity index (χ4v) is 4.81. The van der Waals surface area contributed by atoms with Crippen molar-refractivity contribution in [3.05, 3.63) is 57.0 Å². The van der Waals surface area contributed by atoms with Crippen LogP contribution >= 0.6 is 34.8 Å². The van der Waals surface area contributed by atoms with Gasteiger partial charge in [-0.1, -0.05) is 60.8 Å². The van der Waals surface area contributed by atoms with E-state index in [-0.39, 0.29) is 39.1 Å². The summed E-state index contributed by atoms with van der Waals surface area (Å²) in [7, 11) is -2.42. The highest BCUT2D eigenvalue weighted by molar-refractivity contribution is 7.92. The molecule has 0 aliphatic heterocycles. The summed E-state index contributed by atoms with van der Waals surface area (Å²) in [5.41, 5.74) is 0.731. The summed E-state index contributed by atoms with van der Waals surface area (Å²) in [6.45, 7) is 5.39. The number of hydrogen-bond donors (Lipinski definition) is 1. The molecule has 1 N–H and O–H groups in total. The molecule has 0 saturated heterocycles. The van der Waals surface area contributed by atoms with Crippen LogP contribution in [0.15, 0.2) is 36.4 Å². The SMILES string of the molecule is COc1ccc(CN(C(=O)CN(c2cc(Cl)c(Cl)cc2Cl)S(C)(=O)=O)[C@@H](C)C(=O)NCC(C)C)cc1. The van der Waals surface area contributed by atoms with Gasteiger partial charge in [0.05, 0.1) is 34.1 Å². The number of amides is 2. The number of sulfonamides is 1. The van der Waals surface area contributed by atoms with Gasteiger partial charge in [0.25, 0.3) is 0 Å². The van der Waals surface area contributed by atoms with E-state index < -0.39 is 28.5 Å². The van der Waals surface area contributed by atoms with Gasteiger partial charge in [0.2, 0.25) is 21.8 Å². The Hall–Kier alpha value is -2.20.